The van der Waals surface area contributed by atoms with Crippen LogP contribution in [-0.4, -0.2) is 37.9 Å². The van der Waals surface area contributed by atoms with E-state index in [2.05, 4.69) is 10.6 Å². The van der Waals surface area contributed by atoms with Gasteiger partial charge in [0.15, 0.2) is 0 Å². The first kappa shape index (κ1) is 16.1. The quantitative estimate of drug-likeness (QED) is 0.499. The summed E-state index contributed by atoms with van der Waals surface area (Å²) >= 11 is 0. The summed E-state index contributed by atoms with van der Waals surface area (Å²) in [6, 6.07) is -0.663. The molecular formula is C12H25N3O2. The second-order valence-corrected chi connectivity index (χ2v) is 4.65. The molecule has 0 aromatic heterocycles. The summed E-state index contributed by atoms with van der Waals surface area (Å²) in [5.41, 5.74) is 5.41. The topological polar surface area (TPSA) is 84.2 Å². The van der Waals surface area contributed by atoms with Crippen LogP contribution in [0.1, 0.15) is 33.1 Å². The number of nitrogens with one attached hydrogen (secondary N) is 2. The Labute approximate surface area is 104 Å². The van der Waals surface area contributed by atoms with Gasteiger partial charge in [0.2, 0.25) is 5.91 Å². The highest BCUT2D eigenvalue weighted by Crippen LogP contribution is 2.04. The lowest BCUT2D eigenvalue weighted by atomic mass is 10.0. The molecule has 0 spiro atoms. The van der Waals surface area contributed by atoms with Crippen molar-refractivity contribution in [2.75, 3.05) is 13.6 Å². The van der Waals surface area contributed by atoms with E-state index in [4.69, 9.17) is 5.73 Å². The zero-order valence-electron chi connectivity index (χ0n) is 11.0. The lowest BCUT2D eigenvalue weighted by Gasteiger charge is -2.20. The van der Waals surface area contributed by atoms with E-state index >= 15 is 0 Å². The molecule has 0 saturated carbocycles. The molecule has 0 aliphatic carbocycles. The molecule has 0 rings (SSSR count). The average molecular weight is 243 g/mol. The van der Waals surface area contributed by atoms with Gasteiger partial charge in [0.05, 0.1) is 12.1 Å². The van der Waals surface area contributed by atoms with Gasteiger partial charge in [-0.25, -0.2) is 0 Å². The van der Waals surface area contributed by atoms with Crippen LogP contribution in [-0.2, 0) is 9.59 Å². The number of likely N-dealkylation sites (N-methyl/N-ethyl adjacent to an activating group) is 1. The maximum Gasteiger partial charge on any atom is 0.237 e. The zero-order chi connectivity index (χ0) is 13.3. The van der Waals surface area contributed by atoms with Crippen LogP contribution in [0.3, 0.4) is 0 Å². The fraction of sp³-hybridized carbons (Fsp3) is 0.833. The molecule has 0 aliphatic heterocycles. The van der Waals surface area contributed by atoms with Crippen molar-refractivity contribution >= 4 is 12.2 Å². The zero-order valence-corrected chi connectivity index (χ0v) is 11.0. The molecule has 5 nitrogen and oxygen atoms in total. The van der Waals surface area contributed by atoms with Crippen LogP contribution in [0.15, 0.2) is 0 Å². The van der Waals surface area contributed by atoms with Crippen LogP contribution >= 0.6 is 0 Å². The van der Waals surface area contributed by atoms with Gasteiger partial charge in [0.25, 0.3) is 0 Å². The van der Waals surface area contributed by atoms with Crippen LogP contribution in [0.2, 0.25) is 0 Å². The van der Waals surface area contributed by atoms with Crippen LogP contribution in [0.25, 0.3) is 0 Å². The summed E-state index contributed by atoms with van der Waals surface area (Å²) in [4.78, 5) is 22.7. The number of rotatable bonds is 9. The molecule has 5 heteroatoms. The molecule has 2 atom stereocenters. The molecule has 0 bridgehead atoms. The Morgan fingerprint density at radius 2 is 2.06 bits per heavy atom. The lowest BCUT2D eigenvalue weighted by molar-refractivity contribution is -0.126. The maximum absolute atomic E-state index is 11.9. The van der Waals surface area contributed by atoms with Gasteiger partial charge in [-0.3, -0.25) is 4.79 Å². The van der Waals surface area contributed by atoms with Crippen LogP contribution in [0, 0.1) is 5.92 Å². The molecule has 0 aliphatic rings. The monoisotopic (exact) mass is 243 g/mol. The minimum absolute atomic E-state index is 0.126. The van der Waals surface area contributed by atoms with E-state index in [9.17, 15) is 9.59 Å². The third kappa shape index (κ3) is 7.07. The highest BCUT2D eigenvalue weighted by Gasteiger charge is 2.19. The Balaban J connectivity index is 4.21. The molecule has 100 valence electrons. The molecule has 4 N–H and O–H groups in total. The Hall–Kier alpha value is -0.940. The number of aldehydes is 1. The van der Waals surface area contributed by atoms with Gasteiger partial charge in [-0.2, -0.15) is 0 Å². The SMILES string of the molecule is CNC(CCCN)C(=O)NC(C=O)CC(C)C. The molecular weight excluding hydrogens is 218 g/mol. The van der Waals surface area contributed by atoms with Gasteiger partial charge >= 0.3 is 0 Å². The largest absolute Gasteiger partial charge is 0.345 e. The summed E-state index contributed by atoms with van der Waals surface area (Å²) < 4.78 is 0. The van der Waals surface area contributed by atoms with Gasteiger partial charge < -0.3 is 21.2 Å². The first-order valence-corrected chi connectivity index (χ1v) is 6.18. The van der Waals surface area contributed by atoms with Crippen molar-refractivity contribution in [2.24, 2.45) is 11.7 Å². The van der Waals surface area contributed by atoms with Gasteiger partial charge in [-0.1, -0.05) is 13.8 Å². The van der Waals surface area contributed by atoms with E-state index in [1.165, 1.54) is 0 Å². The van der Waals surface area contributed by atoms with E-state index in [0.29, 0.717) is 25.3 Å². The second kappa shape index (κ2) is 9.13. The summed E-state index contributed by atoms with van der Waals surface area (Å²) in [5.74, 6) is 0.251. The highest BCUT2D eigenvalue weighted by atomic mass is 16.2. The fourth-order valence-corrected chi connectivity index (χ4v) is 1.67. The first-order valence-electron chi connectivity index (χ1n) is 6.18. The van der Waals surface area contributed by atoms with Crippen molar-refractivity contribution in [1.29, 1.82) is 0 Å². The van der Waals surface area contributed by atoms with E-state index in [1.807, 2.05) is 13.8 Å². The van der Waals surface area contributed by atoms with Gasteiger partial charge in [0, 0.05) is 0 Å². The van der Waals surface area contributed by atoms with Crippen LogP contribution in [0.5, 0.6) is 0 Å². The molecule has 0 heterocycles. The van der Waals surface area contributed by atoms with Crippen molar-refractivity contribution in [3.63, 3.8) is 0 Å². The minimum Gasteiger partial charge on any atom is -0.345 e. The number of carbonyl (C=O) groups is 2. The van der Waals surface area contributed by atoms with Crippen LogP contribution < -0.4 is 16.4 Å². The van der Waals surface area contributed by atoms with Crippen LogP contribution in [0.4, 0.5) is 0 Å². The molecule has 0 aromatic carbocycles. The molecule has 2 unspecified atom stereocenters. The number of hydrogen-bond donors (Lipinski definition) is 3. The molecule has 1 amide bonds. The van der Waals surface area contributed by atoms with Gasteiger partial charge in [-0.05, 0) is 38.8 Å². The Bertz CT molecular complexity index is 232. The van der Waals surface area contributed by atoms with Crippen molar-refractivity contribution < 1.29 is 9.59 Å². The van der Waals surface area contributed by atoms with E-state index in [-0.39, 0.29) is 11.9 Å². The molecule has 0 aromatic rings. The third-order valence-corrected chi connectivity index (χ3v) is 2.58. The highest BCUT2D eigenvalue weighted by molar-refractivity contribution is 5.84. The average Bonchev–Trinajstić information content (AvgIpc) is 2.28. The molecule has 0 fully saturated rings. The van der Waals surface area contributed by atoms with Crippen molar-refractivity contribution in [3.05, 3.63) is 0 Å². The fourth-order valence-electron chi connectivity index (χ4n) is 1.67. The predicted molar refractivity (Wildman–Crippen MR) is 68.6 cm³/mol. The number of hydrogen-bond acceptors (Lipinski definition) is 4. The minimum atomic E-state index is -0.392. The standard InChI is InChI=1S/C12H25N3O2/c1-9(2)7-10(8-16)15-12(17)11(14-3)5-4-6-13/h8-11,14H,4-7,13H2,1-3H3,(H,15,17). The molecule has 17 heavy (non-hydrogen) atoms. The smallest absolute Gasteiger partial charge is 0.237 e. The summed E-state index contributed by atoms with van der Waals surface area (Å²) in [7, 11) is 1.74. The third-order valence-electron chi connectivity index (χ3n) is 2.58. The van der Waals surface area contributed by atoms with Crippen molar-refractivity contribution in [3.8, 4) is 0 Å². The number of carbonyl (C=O) groups excluding carboxylic acids is 2. The molecule has 0 saturated heterocycles. The van der Waals surface area contributed by atoms with E-state index < -0.39 is 6.04 Å². The summed E-state index contributed by atoms with van der Waals surface area (Å²) in [5, 5.41) is 5.68. The lowest BCUT2D eigenvalue weighted by Crippen LogP contribution is -2.47. The van der Waals surface area contributed by atoms with E-state index in [1.54, 1.807) is 7.05 Å². The summed E-state index contributed by atoms with van der Waals surface area (Å²) in [6.45, 7) is 4.60. The van der Waals surface area contributed by atoms with E-state index in [0.717, 1.165) is 12.7 Å². The Kier molecular flexibility index (Phi) is 8.62. The normalized spacial score (nSPS) is 14.4. The van der Waals surface area contributed by atoms with Crippen molar-refractivity contribution in [1.82, 2.24) is 10.6 Å². The summed E-state index contributed by atoms with van der Waals surface area (Å²) in [6.07, 6.45) is 2.94. The number of nitrogens with two attached hydrogens (primary N) is 1. The Morgan fingerprint density at radius 1 is 1.41 bits per heavy atom. The van der Waals surface area contributed by atoms with Gasteiger partial charge in [0.1, 0.15) is 6.29 Å². The second-order valence-electron chi connectivity index (χ2n) is 4.65. The Morgan fingerprint density at radius 3 is 2.47 bits per heavy atom. The maximum atomic E-state index is 11.9. The predicted octanol–water partition coefficient (Wildman–Crippen LogP) is 0.0431. The first-order chi connectivity index (χ1) is 8.04. The molecule has 0 radical (unpaired) electrons. The van der Waals surface area contributed by atoms with Gasteiger partial charge in [-0.15, -0.1) is 0 Å². The van der Waals surface area contributed by atoms with Crippen molar-refractivity contribution in [2.45, 2.75) is 45.2 Å². The number of amides is 1.